The van der Waals surface area contributed by atoms with Gasteiger partial charge in [0.05, 0.1) is 21.4 Å². The molecule has 1 aromatic heterocycles. The summed E-state index contributed by atoms with van der Waals surface area (Å²) in [5.41, 5.74) is 1.50. The van der Waals surface area contributed by atoms with E-state index in [1.807, 2.05) is 25.2 Å². The van der Waals surface area contributed by atoms with Gasteiger partial charge in [-0.2, -0.15) is 0 Å². The highest BCUT2D eigenvalue weighted by molar-refractivity contribution is 6.43. The van der Waals surface area contributed by atoms with Crippen LogP contribution in [0.15, 0.2) is 22.6 Å². The number of amides is 1. The number of hydrogen-bond acceptors (Lipinski definition) is 5. The van der Waals surface area contributed by atoms with Gasteiger partial charge in [-0.05, 0) is 31.5 Å². The summed E-state index contributed by atoms with van der Waals surface area (Å²) in [5.74, 6) is 0.951. The number of hydrogen-bond donors (Lipinski definition) is 0. The molecule has 1 aromatic carbocycles. The van der Waals surface area contributed by atoms with Gasteiger partial charge in [-0.25, -0.2) is 4.98 Å². The summed E-state index contributed by atoms with van der Waals surface area (Å²) in [6.45, 7) is 13.6. The first kappa shape index (κ1) is 25.9. The molecule has 8 heteroatoms. The first-order chi connectivity index (χ1) is 15.6. The first-order valence-electron chi connectivity index (χ1n) is 11.8. The van der Waals surface area contributed by atoms with Gasteiger partial charge in [0.2, 0.25) is 5.76 Å². The Balaban J connectivity index is 1.50. The van der Waals surface area contributed by atoms with Crippen molar-refractivity contribution in [1.82, 2.24) is 14.8 Å². The summed E-state index contributed by atoms with van der Waals surface area (Å²) in [6, 6.07) is 5.77. The minimum atomic E-state index is -0.243. The van der Waals surface area contributed by atoms with Crippen LogP contribution in [0.25, 0.3) is 0 Å². The van der Waals surface area contributed by atoms with E-state index in [0.717, 1.165) is 63.4 Å². The third-order valence-corrected chi connectivity index (χ3v) is 6.81. The van der Waals surface area contributed by atoms with Gasteiger partial charge in [-0.3, -0.25) is 9.69 Å². The number of benzene rings is 1. The maximum atomic E-state index is 13.1. The molecule has 0 saturated carbocycles. The van der Waals surface area contributed by atoms with Gasteiger partial charge in [0.25, 0.3) is 5.91 Å². The molecule has 0 unspecified atom stereocenters. The van der Waals surface area contributed by atoms with Crippen LogP contribution in [0.5, 0.6) is 0 Å². The molecule has 2 aromatic rings. The van der Waals surface area contributed by atoms with E-state index < -0.39 is 0 Å². The van der Waals surface area contributed by atoms with Crippen molar-refractivity contribution in [1.29, 1.82) is 0 Å². The summed E-state index contributed by atoms with van der Waals surface area (Å²) >= 11 is 12.6. The van der Waals surface area contributed by atoms with Gasteiger partial charge in [0.15, 0.2) is 5.89 Å². The van der Waals surface area contributed by atoms with Crippen LogP contribution in [-0.4, -0.2) is 67.0 Å². The van der Waals surface area contributed by atoms with Gasteiger partial charge in [-0.1, -0.05) is 57.0 Å². The Labute approximate surface area is 207 Å². The molecule has 2 heterocycles. The highest BCUT2D eigenvalue weighted by atomic mass is 35.5. The smallest absolute Gasteiger partial charge is 0.291 e. The van der Waals surface area contributed by atoms with Crippen LogP contribution in [0, 0.1) is 0 Å². The molecule has 0 N–H and O–H groups in total. The summed E-state index contributed by atoms with van der Waals surface area (Å²) in [5, 5.41) is 1.21. The van der Waals surface area contributed by atoms with Crippen molar-refractivity contribution >= 4 is 34.8 Å². The summed E-state index contributed by atoms with van der Waals surface area (Å²) in [6.07, 6.45) is 2.58. The van der Waals surface area contributed by atoms with Crippen molar-refractivity contribution in [3.05, 3.63) is 45.6 Å². The number of nitrogens with zero attached hydrogens (tertiary/aromatic N) is 4. The number of aromatic nitrogens is 1. The molecule has 0 bridgehead atoms. The molecule has 0 radical (unpaired) electrons. The van der Waals surface area contributed by atoms with E-state index in [4.69, 9.17) is 27.6 Å². The minimum absolute atomic E-state index is 0.0878. The molecule has 3 rings (SSSR count). The van der Waals surface area contributed by atoms with Crippen LogP contribution in [-0.2, 0) is 11.8 Å². The van der Waals surface area contributed by atoms with Crippen LogP contribution in [0.2, 0.25) is 10.0 Å². The number of rotatable bonds is 8. The van der Waals surface area contributed by atoms with Crippen molar-refractivity contribution in [2.75, 3.05) is 51.2 Å². The van der Waals surface area contributed by atoms with Crippen LogP contribution >= 0.6 is 23.2 Å². The molecule has 0 spiro atoms. The number of halogens is 2. The molecule has 0 atom stereocenters. The second-order valence-electron chi connectivity index (χ2n) is 9.77. The molecular weight excluding hydrogens is 459 g/mol. The summed E-state index contributed by atoms with van der Waals surface area (Å²) in [4.78, 5) is 24.2. The Morgan fingerprint density at radius 2 is 1.88 bits per heavy atom. The molecule has 6 nitrogen and oxygen atoms in total. The predicted octanol–water partition coefficient (Wildman–Crippen LogP) is 5.52. The third-order valence-electron chi connectivity index (χ3n) is 6.00. The SMILES string of the molecule is CCCc1nc(C(C)(C)C)c(C(=O)N(C)CCCN2CCN(c3cccc(Cl)c3Cl)CC2)o1. The number of anilines is 1. The lowest BCUT2D eigenvalue weighted by Crippen LogP contribution is -2.47. The standard InChI is InChI=1S/C25H36Cl2N4O2/c1-6-9-20-28-23(25(2,3)4)22(33-20)24(32)29(5)12-8-13-30-14-16-31(17-15-30)19-11-7-10-18(26)21(19)27/h7,10-11H,6,8-9,12-17H2,1-5H3. The van der Waals surface area contributed by atoms with Crippen LogP contribution in [0.4, 0.5) is 5.69 Å². The number of aryl methyl sites for hydroxylation is 1. The van der Waals surface area contributed by atoms with Gasteiger partial charge in [0, 0.05) is 51.6 Å². The van der Waals surface area contributed by atoms with E-state index in [9.17, 15) is 4.79 Å². The lowest BCUT2D eigenvalue weighted by Gasteiger charge is -2.36. The van der Waals surface area contributed by atoms with Crippen LogP contribution in [0.3, 0.4) is 0 Å². The maximum absolute atomic E-state index is 13.1. The number of carbonyl (C=O) groups excluding carboxylic acids is 1. The average molecular weight is 495 g/mol. The van der Waals surface area contributed by atoms with Gasteiger partial charge in [0.1, 0.15) is 0 Å². The molecule has 0 aliphatic carbocycles. The Hall–Kier alpha value is -1.76. The Morgan fingerprint density at radius 3 is 2.52 bits per heavy atom. The fourth-order valence-electron chi connectivity index (χ4n) is 4.09. The van der Waals surface area contributed by atoms with Crippen molar-refractivity contribution in [3.63, 3.8) is 0 Å². The highest BCUT2D eigenvalue weighted by Crippen LogP contribution is 2.33. The number of carbonyl (C=O) groups is 1. The van der Waals surface area contributed by atoms with Crippen molar-refractivity contribution in [3.8, 4) is 0 Å². The van der Waals surface area contributed by atoms with E-state index in [1.165, 1.54) is 0 Å². The normalized spacial score (nSPS) is 15.2. The van der Waals surface area contributed by atoms with E-state index >= 15 is 0 Å². The molecule has 1 amide bonds. The van der Waals surface area contributed by atoms with E-state index in [0.29, 0.717) is 28.2 Å². The molecule has 1 aliphatic heterocycles. The molecule has 182 valence electrons. The van der Waals surface area contributed by atoms with E-state index in [-0.39, 0.29) is 11.3 Å². The van der Waals surface area contributed by atoms with E-state index in [1.54, 1.807) is 4.90 Å². The maximum Gasteiger partial charge on any atom is 0.291 e. The monoisotopic (exact) mass is 494 g/mol. The largest absolute Gasteiger partial charge is 0.435 e. The fourth-order valence-corrected chi connectivity index (χ4v) is 4.51. The minimum Gasteiger partial charge on any atom is -0.435 e. The lowest BCUT2D eigenvalue weighted by atomic mass is 9.91. The second-order valence-corrected chi connectivity index (χ2v) is 10.6. The zero-order valence-electron chi connectivity index (χ0n) is 20.5. The molecule has 1 fully saturated rings. The topological polar surface area (TPSA) is 52.8 Å². The Kier molecular flexibility index (Phi) is 8.70. The van der Waals surface area contributed by atoms with Crippen molar-refractivity contribution < 1.29 is 9.21 Å². The van der Waals surface area contributed by atoms with Crippen LogP contribution in [0.1, 0.15) is 62.7 Å². The van der Waals surface area contributed by atoms with Crippen LogP contribution < -0.4 is 4.90 Å². The van der Waals surface area contributed by atoms with Crippen molar-refractivity contribution in [2.24, 2.45) is 0 Å². The number of piperazine rings is 1. The summed E-state index contributed by atoms with van der Waals surface area (Å²) < 4.78 is 5.89. The third kappa shape index (κ3) is 6.43. The van der Waals surface area contributed by atoms with Gasteiger partial charge >= 0.3 is 0 Å². The van der Waals surface area contributed by atoms with Gasteiger partial charge < -0.3 is 14.2 Å². The second kappa shape index (κ2) is 11.1. The highest BCUT2D eigenvalue weighted by Gasteiger charge is 2.30. The Morgan fingerprint density at radius 1 is 1.18 bits per heavy atom. The molecule has 1 saturated heterocycles. The first-order valence-corrected chi connectivity index (χ1v) is 12.5. The zero-order valence-corrected chi connectivity index (χ0v) is 22.0. The molecule has 33 heavy (non-hydrogen) atoms. The average Bonchev–Trinajstić information content (AvgIpc) is 3.20. The van der Waals surface area contributed by atoms with Crippen molar-refractivity contribution in [2.45, 2.75) is 52.4 Å². The quantitative estimate of drug-likeness (QED) is 0.483. The predicted molar refractivity (Wildman–Crippen MR) is 136 cm³/mol. The molecule has 1 aliphatic rings. The Bertz CT molecular complexity index is 946. The lowest BCUT2D eigenvalue weighted by molar-refractivity contribution is 0.0751. The van der Waals surface area contributed by atoms with E-state index in [2.05, 4.69) is 42.5 Å². The molecular formula is C25H36Cl2N4O2. The van der Waals surface area contributed by atoms with Gasteiger partial charge in [-0.15, -0.1) is 0 Å². The zero-order chi connectivity index (χ0) is 24.2. The number of oxazole rings is 1. The fraction of sp³-hybridized carbons (Fsp3) is 0.600. The summed E-state index contributed by atoms with van der Waals surface area (Å²) in [7, 11) is 1.84.